The smallest absolute Gasteiger partial charge is 0.174 e. The molecule has 20 heavy (non-hydrogen) atoms. The van der Waals surface area contributed by atoms with Crippen molar-refractivity contribution in [1.82, 2.24) is 9.97 Å². The van der Waals surface area contributed by atoms with Crippen molar-refractivity contribution >= 4 is 5.78 Å². The number of fused-ring (bicyclic) bond motifs is 1. The maximum absolute atomic E-state index is 12.9. The highest BCUT2D eigenvalue weighted by atomic mass is 16.1. The Morgan fingerprint density at radius 2 is 1.90 bits per heavy atom. The third kappa shape index (κ3) is 1.94. The molecule has 2 aromatic rings. The molecule has 3 rings (SSSR count). The summed E-state index contributed by atoms with van der Waals surface area (Å²) in [5.41, 5.74) is 3.22. The summed E-state index contributed by atoms with van der Waals surface area (Å²) < 4.78 is 0. The summed E-state index contributed by atoms with van der Waals surface area (Å²) in [6, 6.07) is 9.84. The van der Waals surface area contributed by atoms with Gasteiger partial charge in [-0.1, -0.05) is 24.3 Å². The van der Waals surface area contributed by atoms with E-state index in [1.165, 1.54) is 0 Å². The number of Topliss-reactive ketones (excluding diaryl/α,β-unsaturated/α-hetero) is 1. The molecule has 0 amide bonds. The molecule has 0 saturated heterocycles. The van der Waals surface area contributed by atoms with Gasteiger partial charge in [-0.05, 0) is 45.2 Å². The highest BCUT2D eigenvalue weighted by molar-refractivity contribution is 6.05. The highest BCUT2D eigenvalue weighted by Gasteiger charge is 2.41. The molecule has 3 heteroatoms. The number of hydrogen-bond donors (Lipinski definition) is 0. The lowest BCUT2D eigenvalue weighted by atomic mass is 9.69. The highest BCUT2D eigenvalue weighted by Crippen LogP contribution is 2.37. The first kappa shape index (κ1) is 13.0. The average molecular weight is 266 g/mol. The van der Waals surface area contributed by atoms with Crippen molar-refractivity contribution in [3.8, 4) is 0 Å². The fraction of sp³-hybridized carbons (Fsp3) is 0.353. The second-order valence-electron chi connectivity index (χ2n) is 5.76. The second kappa shape index (κ2) is 4.51. The predicted octanol–water partition coefficient (Wildman–Crippen LogP) is 3.18. The van der Waals surface area contributed by atoms with Crippen LogP contribution in [0.4, 0.5) is 0 Å². The molecule has 0 N–H and O–H groups in total. The first-order valence-corrected chi connectivity index (χ1v) is 6.96. The molecule has 1 aliphatic rings. The number of aromatic nitrogens is 2. The van der Waals surface area contributed by atoms with Gasteiger partial charge in [0.2, 0.25) is 0 Å². The predicted molar refractivity (Wildman–Crippen MR) is 78.0 cm³/mol. The van der Waals surface area contributed by atoms with E-state index in [9.17, 15) is 4.79 Å². The van der Waals surface area contributed by atoms with Gasteiger partial charge in [0, 0.05) is 11.3 Å². The van der Waals surface area contributed by atoms with E-state index in [-0.39, 0.29) is 5.78 Å². The van der Waals surface area contributed by atoms with Gasteiger partial charge in [0.1, 0.15) is 5.82 Å². The van der Waals surface area contributed by atoms with Crippen molar-refractivity contribution in [2.24, 2.45) is 0 Å². The lowest BCUT2D eigenvalue weighted by molar-refractivity contribution is 0.0872. The first-order chi connectivity index (χ1) is 9.50. The van der Waals surface area contributed by atoms with Gasteiger partial charge in [0.05, 0.1) is 11.1 Å². The molecule has 0 aliphatic heterocycles. The normalized spacial score (nSPS) is 21.6. The maximum Gasteiger partial charge on any atom is 0.174 e. The van der Waals surface area contributed by atoms with Crippen LogP contribution in [0, 0.1) is 13.8 Å². The number of ketones is 1. The SMILES string of the molecule is Cc1cc(C2(C)CCc3ccccc3C2=O)nc(C)n1. The molecule has 1 heterocycles. The summed E-state index contributed by atoms with van der Waals surface area (Å²) in [6.07, 6.45) is 1.72. The fourth-order valence-electron chi connectivity index (χ4n) is 3.00. The zero-order chi connectivity index (χ0) is 14.3. The van der Waals surface area contributed by atoms with E-state index in [1.807, 2.05) is 51.1 Å². The Kier molecular flexibility index (Phi) is 2.93. The zero-order valence-electron chi connectivity index (χ0n) is 12.1. The third-order valence-corrected chi connectivity index (χ3v) is 4.19. The van der Waals surface area contributed by atoms with E-state index < -0.39 is 5.41 Å². The van der Waals surface area contributed by atoms with Crippen LogP contribution < -0.4 is 0 Å². The Labute approximate surface area is 119 Å². The molecule has 1 atom stereocenters. The quantitative estimate of drug-likeness (QED) is 0.796. The van der Waals surface area contributed by atoms with Crippen molar-refractivity contribution in [2.75, 3.05) is 0 Å². The largest absolute Gasteiger partial charge is 0.293 e. The molecule has 1 aromatic heterocycles. The van der Waals surface area contributed by atoms with E-state index in [2.05, 4.69) is 9.97 Å². The van der Waals surface area contributed by atoms with E-state index in [0.717, 1.165) is 41.2 Å². The Balaban J connectivity index is 2.12. The van der Waals surface area contributed by atoms with E-state index >= 15 is 0 Å². The summed E-state index contributed by atoms with van der Waals surface area (Å²) in [5.74, 6) is 0.907. The molecule has 0 saturated carbocycles. The van der Waals surface area contributed by atoms with Gasteiger partial charge < -0.3 is 0 Å². The standard InChI is InChI=1S/C17H18N2O/c1-11-10-15(19-12(2)18-11)17(3)9-8-13-6-4-5-7-14(13)16(17)20/h4-7,10H,8-9H2,1-3H3. The summed E-state index contributed by atoms with van der Waals surface area (Å²) in [5, 5.41) is 0. The van der Waals surface area contributed by atoms with Gasteiger partial charge >= 0.3 is 0 Å². The summed E-state index contributed by atoms with van der Waals surface area (Å²) in [4.78, 5) is 21.7. The number of carbonyl (C=O) groups excluding carboxylic acids is 1. The van der Waals surface area contributed by atoms with Gasteiger partial charge in [0.25, 0.3) is 0 Å². The Bertz CT molecular complexity index is 673. The molecule has 0 bridgehead atoms. The number of benzene rings is 1. The Hall–Kier alpha value is -2.03. The monoisotopic (exact) mass is 266 g/mol. The topological polar surface area (TPSA) is 42.9 Å². The first-order valence-electron chi connectivity index (χ1n) is 6.96. The van der Waals surface area contributed by atoms with Crippen LogP contribution in [-0.2, 0) is 11.8 Å². The minimum atomic E-state index is -0.535. The number of nitrogens with zero attached hydrogens (tertiary/aromatic N) is 2. The van der Waals surface area contributed by atoms with Crippen molar-refractivity contribution in [3.05, 3.63) is 58.7 Å². The molecule has 0 radical (unpaired) electrons. The molecule has 0 spiro atoms. The van der Waals surface area contributed by atoms with Crippen LogP contribution in [0.3, 0.4) is 0 Å². The zero-order valence-corrected chi connectivity index (χ0v) is 12.1. The lowest BCUT2D eigenvalue weighted by Gasteiger charge is -2.33. The maximum atomic E-state index is 12.9. The summed E-state index contributed by atoms with van der Waals surface area (Å²) in [6.45, 7) is 5.83. The Morgan fingerprint density at radius 3 is 2.65 bits per heavy atom. The van der Waals surface area contributed by atoms with E-state index in [1.54, 1.807) is 0 Å². The number of hydrogen-bond acceptors (Lipinski definition) is 3. The van der Waals surface area contributed by atoms with Crippen LogP contribution in [0.2, 0.25) is 0 Å². The number of carbonyl (C=O) groups is 1. The lowest BCUT2D eigenvalue weighted by Crippen LogP contribution is -2.38. The van der Waals surface area contributed by atoms with Crippen LogP contribution in [-0.4, -0.2) is 15.8 Å². The molecule has 1 unspecified atom stereocenters. The molecule has 1 aromatic carbocycles. The summed E-state index contributed by atoms with van der Waals surface area (Å²) >= 11 is 0. The summed E-state index contributed by atoms with van der Waals surface area (Å²) in [7, 11) is 0. The van der Waals surface area contributed by atoms with Crippen molar-refractivity contribution in [2.45, 2.75) is 39.0 Å². The minimum absolute atomic E-state index is 0.178. The number of rotatable bonds is 1. The van der Waals surface area contributed by atoms with Gasteiger partial charge in [-0.2, -0.15) is 0 Å². The van der Waals surface area contributed by atoms with Crippen molar-refractivity contribution in [1.29, 1.82) is 0 Å². The molecule has 102 valence electrons. The van der Waals surface area contributed by atoms with Crippen molar-refractivity contribution in [3.63, 3.8) is 0 Å². The molecular weight excluding hydrogens is 248 g/mol. The molecular formula is C17H18N2O. The second-order valence-corrected chi connectivity index (χ2v) is 5.76. The van der Waals surface area contributed by atoms with Crippen molar-refractivity contribution < 1.29 is 4.79 Å². The third-order valence-electron chi connectivity index (χ3n) is 4.19. The molecule has 1 aliphatic carbocycles. The minimum Gasteiger partial charge on any atom is -0.293 e. The van der Waals surface area contributed by atoms with Crippen LogP contribution in [0.5, 0.6) is 0 Å². The van der Waals surface area contributed by atoms with E-state index in [0.29, 0.717) is 0 Å². The molecule has 3 nitrogen and oxygen atoms in total. The molecule has 0 fully saturated rings. The van der Waals surface area contributed by atoms with E-state index in [4.69, 9.17) is 0 Å². The van der Waals surface area contributed by atoms with Crippen LogP contribution >= 0.6 is 0 Å². The Morgan fingerprint density at radius 1 is 1.15 bits per heavy atom. The fourth-order valence-corrected chi connectivity index (χ4v) is 3.00. The van der Waals surface area contributed by atoms with Gasteiger partial charge in [-0.3, -0.25) is 4.79 Å². The van der Waals surface area contributed by atoms with Gasteiger partial charge in [-0.25, -0.2) is 9.97 Å². The average Bonchev–Trinajstić information content (AvgIpc) is 2.42. The van der Waals surface area contributed by atoms with Gasteiger partial charge in [0.15, 0.2) is 5.78 Å². The van der Waals surface area contributed by atoms with Crippen LogP contribution in [0.25, 0.3) is 0 Å². The van der Waals surface area contributed by atoms with Crippen LogP contribution in [0.1, 0.15) is 46.5 Å². The van der Waals surface area contributed by atoms with Gasteiger partial charge in [-0.15, -0.1) is 0 Å². The van der Waals surface area contributed by atoms with Crippen LogP contribution in [0.15, 0.2) is 30.3 Å². The number of aryl methyl sites for hydroxylation is 3.